The third kappa shape index (κ3) is 3.08. The van der Waals surface area contributed by atoms with E-state index in [9.17, 15) is 4.79 Å². The van der Waals surface area contributed by atoms with Crippen molar-refractivity contribution in [3.8, 4) is 0 Å². The van der Waals surface area contributed by atoms with E-state index in [2.05, 4.69) is 20.5 Å². The second-order valence-corrected chi connectivity index (χ2v) is 7.03. The second kappa shape index (κ2) is 7.21. The Balaban J connectivity index is 0.000000815. The van der Waals surface area contributed by atoms with Crippen molar-refractivity contribution in [3.05, 3.63) is 45.2 Å². The molecule has 2 aromatic heterocycles. The minimum Gasteiger partial charge on any atom is -0.353 e. The number of fused-ring (bicyclic) bond motifs is 3. The number of H-pyrrole nitrogens is 2. The highest BCUT2D eigenvalue weighted by Crippen LogP contribution is 2.35. The second-order valence-electron chi connectivity index (χ2n) is 5.71. The maximum Gasteiger partial charge on any atom is 0.248 e. The Morgan fingerprint density at radius 1 is 1.21 bits per heavy atom. The van der Waals surface area contributed by atoms with Crippen molar-refractivity contribution in [2.24, 2.45) is 0 Å². The number of hydrogen-bond acceptors (Lipinski definition) is 3. The van der Waals surface area contributed by atoms with E-state index in [4.69, 9.17) is 11.6 Å². The smallest absolute Gasteiger partial charge is 0.248 e. The SMILES string of the molecule is CC.CSN1CCC(c2cc(=O)[nH]c3c2[nH]c2ccc(Cl)cc23)C1. The molecule has 1 aliphatic rings. The lowest BCUT2D eigenvalue weighted by Crippen LogP contribution is -2.13. The van der Waals surface area contributed by atoms with Crippen LogP contribution in [0, 0.1) is 0 Å². The molecular formula is C18H22ClN3OS. The predicted molar refractivity (Wildman–Crippen MR) is 105 cm³/mol. The van der Waals surface area contributed by atoms with E-state index in [1.807, 2.05) is 32.0 Å². The number of aromatic amines is 2. The molecule has 0 amide bonds. The van der Waals surface area contributed by atoms with Crippen LogP contribution in [0.25, 0.3) is 21.9 Å². The van der Waals surface area contributed by atoms with Crippen molar-refractivity contribution < 1.29 is 0 Å². The highest BCUT2D eigenvalue weighted by atomic mass is 35.5. The molecule has 0 saturated carbocycles. The van der Waals surface area contributed by atoms with Gasteiger partial charge >= 0.3 is 0 Å². The third-order valence-corrected chi connectivity index (χ3v) is 5.52. The molecule has 1 aromatic carbocycles. The fraction of sp³-hybridized carbons (Fsp3) is 0.389. The van der Waals surface area contributed by atoms with E-state index in [1.165, 1.54) is 0 Å². The van der Waals surface area contributed by atoms with E-state index in [-0.39, 0.29) is 5.56 Å². The molecule has 3 aromatic rings. The molecule has 24 heavy (non-hydrogen) atoms. The Kier molecular flexibility index (Phi) is 5.23. The summed E-state index contributed by atoms with van der Waals surface area (Å²) < 4.78 is 2.34. The van der Waals surface area contributed by atoms with Gasteiger partial charge in [-0.15, -0.1) is 0 Å². The first kappa shape index (κ1) is 17.4. The van der Waals surface area contributed by atoms with Gasteiger partial charge in [-0.2, -0.15) is 0 Å². The molecule has 1 unspecified atom stereocenters. The molecule has 0 radical (unpaired) electrons. The van der Waals surface area contributed by atoms with Gasteiger partial charge in [-0.3, -0.25) is 9.10 Å². The Labute approximate surface area is 150 Å². The summed E-state index contributed by atoms with van der Waals surface area (Å²) in [5.74, 6) is 0.390. The van der Waals surface area contributed by atoms with Crippen LogP contribution in [-0.4, -0.2) is 33.6 Å². The standard InChI is InChI=1S/C16H16ClN3OS.C2H6/c1-22-20-5-4-9(8-20)11-7-14(21)19-16-12-6-10(17)2-3-13(12)18-15(11)16;1-2/h2-3,6-7,9,18H,4-5,8H2,1H3,(H,19,21);1-2H3. The molecule has 3 heterocycles. The third-order valence-electron chi connectivity index (χ3n) is 4.43. The summed E-state index contributed by atoms with van der Waals surface area (Å²) in [6.07, 6.45) is 3.18. The van der Waals surface area contributed by atoms with E-state index in [1.54, 1.807) is 18.0 Å². The van der Waals surface area contributed by atoms with Crippen LogP contribution in [0.4, 0.5) is 0 Å². The van der Waals surface area contributed by atoms with Crippen LogP contribution in [0.15, 0.2) is 29.1 Å². The zero-order valence-corrected chi connectivity index (χ0v) is 15.7. The molecule has 1 aliphatic heterocycles. The van der Waals surface area contributed by atoms with Crippen LogP contribution in [0.3, 0.4) is 0 Å². The number of benzene rings is 1. The van der Waals surface area contributed by atoms with Crippen LogP contribution in [0.5, 0.6) is 0 Å². The van der Waals surface area contributed by atoms with Crippen molar-refractivity contribution in [2.75, 3.05) is 19.3 Å². The van der Waals surface area contributed by atoms with Crippen molar-refractivity contribution in [1.82, 2.24) is 14.3 Å². The average molecular weight is 364 g/mol. The monoisotopic (exact) mass is 363 g/mol. The summed E-state index contributed by atoms with van der Waals surface area (Å²) in [7, 11) is 0. The van der Waals surface area contributed by atoms with Gasteiger partial charge < -0.3 is 9.97 Å². The van der Waals surface area contributed by atoms with Crippen LogP contribution < -0.4 is 5.56 Å². The number of nitrogens with zero attached hydrogens (tertiary/aromatic N) is 1. The topological polar surface area (TPSA) is 51.9 Å². The van der Waals surface area contributed by atoms with Gasteiger partial charge in [-0.25, -0.2) is 0 Å². The molecule has 128 valence electrons. The maximum atomic E-state index is 12.1. The van der Waals surface area contributed by atoms with Gasteiger partial charge in [0.05, 0.1) is 11.0 Å². The van der Waals surface area contributed by atoms with E-state index in [0.29, 0.717) is 10.9 Å². The molecular weight excluding hydrogens is 342 g/mol. The molecule has 0 bridgehead atoms. The predicted octanol–water partition coefficient (Wildman–Crippen LogP) is 4.76. The minimum absolute atomic E-state index is 0.0500. The van der Waals surface area contributed by atoms with E-state index >= 15 is 0 Å². The first-order valence-electron chi connectivity index (χ1n) is 8.29. The lowest BCUT2D eigenvalue weighted by Gasteiger charge is -2.13. The van der Waals surface area contributed by atoms with Gasteiger partial charge in [0.1, 0.15) is 0 Å². The van der Waals surface area contributed by atoms with Gasteiger partial charge in [0.2, 0.25) is 5.56 Å². The number of hydrogen-bond donors (Lipinski definition) is 2. The molecule has 4 rings (SSSR count). The van der Waals surface area contributed by atoms with Crippen molar-refractivity contribution in [3.63, 3.8) is 0 Å². The summed E-state index contributed by atoms with van der Waals surface area (Å²) >= 11 is 7.87. The highest BCUT2D eigenvalue weighted by Gasteiger charge is 2.26. The Morgan fingerprint density at radius 2 is 2.00 bits per heavy atom. The average Bonchev–Trinajstić information content (AvgIpc) is 3.21. The first-order valence-corrected chi connectivity index (χ1v) is 9.85. The van der Waals surface area contributed by atoms with Crippen LogP contribution in [-0.2, 0) is 0 Å². The van der Waals surface area contributed by atoms with Crippen LogP contribution >= 0.6 is 23.5 Å². The summed E-state index contributed by atoms with van der Waals surface area (Å²) in [5, 5.41) is 1.65. The van der Waals surface area contributed by atoms with Crippen molar-refractivity contribution in [2.45, 2.75) is 26.2 Å². The Morgan fingerprint density at radius 3 is 2.71 bits per heavy atom. The first-order chi connectivity index (χ1) is 11.7. The van der Waals surface area contributed by atoms with Crippen LogP contribution in [0.2, 0.25) is 5.02 Å². The molecule has 0 aliphatic carbocycles. The highest BCUT2D eigenvalue weighted by molar-refractivity contribution is 7.96. The Hall–Kier alpha value is -1.43. The quantitative estimate of drug-likeness (QED) is 0.645. The van der Waals surface area contributed by atoms with Gasteiger partial charge in [0.15, 0.2) is 0 Å². The van der Waals surface area contributed by atoms with Crippen molar-refractivity contribution >= 4 is 45.5 Å². The van der Waals surface area contributed by atoms with Gasteiger partial charge in [-0.05, 0) is 36.4 Å². The van der Waals surface area contributed by atoms with Gasteiger partial charge in [0.25, 0.3) is 0 Å². The zero-order valence-electron chi connectivity index (χ0n) is 14.1. The number of pyridine rings is 1. The summed E-state index contributed by atoms with van der Waals surface area (Å²) in [5.41, 5.74) is 3.96. The van der Waals surface area contributed by atoms with E-state index < -0.39 is 0 Å². The molecule has 1 fully saturated rings. The summed E-state index contributed by atoms with van der Waals surface area (Å²) in [6, 6.07) is 7.47. The van der Waals surface area contributed by atoms with Gasteiger partial charge in [-0.1, -0.05) is 37.4 Å². The molecule has 6 heteroatoms. The molecule has 1 atom stereocenters. The number of halogens is 1. The fourth-order valence-electron chi connectivity index (χ4n) is 3.35. The molecule has 2 N–H and O–H groups in total. The van der Waals surface area contributed by atoms with Gasteiger partial charge in [0, 0.05) is 41.0 Å². The fourth-order valence-corrected chi connectivity index (χ4v) is 4.14. The summed E-state index contributed by atoms with van der Waals surface area (Å²) in [6.45, 7) is 6.04. The molecule has 0 spiro atoms. The normalized spacial score (nSPS) is 18.1. The Bertz CT molecular complexity index is 918. The van der Waals surface area contributed by atoms with E-state index in [0.717, 1.165) is 47.0 Å². The molecule has 1 saturated heterocycles. The number of rotatable bonds is 2. The lowest BCUT2D eigenvalue weighted by molar-refractivity contribution is 0.577. The minimum atomic E-state index is -0.0500. The number of nitrogens with one attached hydrogen (secondary N) is 2. The van der Waals surface area contributed by atoms with Crippen LogP contribution in [0.1, 0.15) is 31.7 Å². The summed E-state index contributed by atoms with van der Waals surface area (Å²) in [4.78, 5) is 18.5. The number of aromatic nitrogens is 2. The lowest BCUT2D eigenvalue weighted by atomic mass is 9.98. The molecule has 4 nitrogen and oxygen atoms in total. The maximum absolute atomic E-state index is 12.1. The largest absolute Gasteiger partial charge is 0.353 e. The van der Waals surface area contributed by atoms with Crippen molar-refractivity contribution in [1.29, 1.82) is 0 Å². The zero-order chi connectivity index (χ0) is 17.3.